The van der Waals surface area contributed by atoms with Gasteiger partial charge in [-0.3, -0.25) is 4.79 Å². The molecule has 180 valence electrons. The highest BCUT2D eigenvalue weighted by Gasteiger charge is 2.68. The van der Waals surface area contributed by atoms with Crippen LogP contribution in [0.5, 0.6) is 0 Å². The molecule has 0 aromatic carbocycles. The fraction of sp³-hybridized carbons (Fsp3) is 0.833. The topological polar surface area (TPSA) is 37.3 Å². The normalized spacial score (nSPS) is 50.1. The van der Waals surface area contributed by atoms with E-state index in [-0.39, 0.29) is 17.3 Å². The largest absolute Gasteiger partial charge is 0.481 e. The number of carboxylic acids is 1. The minimum Gasteiger partial charge on any atom is -0.481 e. The summed E-state index contributed by atoms with van der Waals surface area (Å²) in [6.07, 6.45) is 11.5. The second-order valence-corrected chi connectivity index (χ2v) is 13.6. The van der Waals surface area contributed by atoms with Crippen molar-refractivity contribution in [3.8, 4) is 0 Å². The van der Waals surface area contributed by atoms with Crippen molar-refractivity contribution in [1.82, 2.24) is 0 Å². The minimum absolute atomic E-state index is 0.0371. The van der Waals surface area contributed by atoms with Crippen LogP contribution in [0, 0.1) is 51.2 Å². The van der Waals surface area contributed by atoms with Gasteiger partial charge in [-0.05, 0) is 123 Å². The molecule has 4 aliphatic rings. The van der Waals surface area contributed by atoms with Crippen molar-refractivity contribution in [1.29, 1.82) is 0 Å². The van der Waals surface area contributed by atoms with E-state index in [1.165, 1.54) is 62.5 Å². The SMILES string of the molecule is C=C(C)[C@@H]1CC[C@]2(C)CC[C@]3(C)[C@H](CC[C@@H]4[C@@](C)(CCC(=O)O)[C@H](C(=C)C)CC[C@]43C)[C@@H]12. The van der Waals surface area contributed by atoms with Crippen molar-refractivity contribution < 1.29 is 9.90 Å². The lowest BCUT2D eigenvalue weighted by Gasteiger charge is -2.71. The van der Waals surface area contributed by atoms with Crippen LogP contribution in [0.25, 0.3) is 0 Å². The van der Waals surface area contributed by atoms with Gasteiger partial charge in [0, 0.05) is 6.42 Å². The molecule has 2 heteroatoms. The Labute approximate surface area is 197 Å². The molecule has 4 fully saturated rings. The number of carbonyl (C=O) groups is 1. The van der Waals surface area contributed by atoms with Gasteiger partial charge in [-0.15, -0.1) is 0 Å². The van der Waals surface area contributed by atoms with Crippen LogP contribution in [0.2, 0.25) is 0 Å². The first-order valence-electron chi connectivity index (χ1n) is 13.3. The van der Waals surface area contributed by atoms with Gasteiger partial charge in [-0.1, -0.05) is 52.0 Å². The van der Waals surface area contributed by atoms with Gasteiger partial charge in [0.25, 0.3) is 0 Å². The molecule has 0 radical (unpaired) electrons. The van der Waals surface area contributed by atoms with E-state index in [1.54, 1.807) is 0 Å². The standard InChI is InChI=1S/C30H48O2/c1-19(2)21-11-14-27(5)17-18-29(7)23(26(21)27)9-10-24-28(6,15-13-25(31)32)22(20(3)4)12-16-30(24,29)8/h21-24,26H,1,3,9-18H2,2,4-8H3,(H,31,32)/t21-,22-,23+,24+,26+,27+,28-,29+,30+/m0/s1. The Kier molecular flexibility index (Phi) is 5.83. The highest BCUT2D eigenvalue weighted by atomic mass is 16.4. The van der Waals surface area contributed by atoms with Crippen LogP contribution < -0.4 is 0 Å². The maximum absolute atomic E-state index is 11.6. The van der Waals surface area contributed by atoms with E-state index in [0.717, 1.165) is 18.3 Å². The summed E-state index contributed by atoms with van der Waals surface area (Å²) in [5, 5.41) is 9.56. The van der Waals surface area contributed by atoms with Gasteiger partial charge < -0.3 is 5.11 Å². The molecule has 4 saturated carbocycles. The van der Waals surface area contributed by atoms with Crippen molar-refractivity contribution in [2.45, 2.75) is 106 Å². The maximum atomic E-state index is 11.6. The van der Waals surface area contributed by atoms with Crippen LogP contribution in [-0.2, 0) is 4.79 Å². The average Bonchev–Trinajstić information content (AvgIpc) is 3.05. The summed E-state index contributed by atoms with van der Waals surface area (Å²) in [7, 11) is 0. The van der Waals surface area contributed by atoms with Crippen LogP contribution >= 0.6 is 0 Å². The predicted molar refractivity (Wildman–Crippen MR) is 133 cm³/mol. The molecule has 0 saturated heterocycles. The molecule has 0 heterocycles. The van der Waals surface area contributed by atoms with E-state index in [2.05, 4.69) is 54.7 Å². The highest BCUT2D eigenvalue weighted by molar-refractivity contribution is 5.66. The monoisotopic (exact) mass is 440 g/mol. The van der Waals surface area contributed by atoms with Gasteiger partial charge in [0.15, 0.2) is 0 Å². The number of rotatable bonds is 5. The molecule has 4 aliphatic carbocycles. The molecular weight excluding hydrogens is 392 g/mol. The number of hydrogen-bond donors (Lipinski definition) is 1. The molecule has 4 rings (SSSR count). The Hall–Kier alpha value is -1.05. The molecule has 9 atom stereocenters. The van der Waals surface area contributed by atoms with Crippen molar-refractivity contribution in [2.24, 2.45) is 51.2 Å². The lowest BCUT2D eigenvalue weighted by molar-refractivity contribution is -0.214. The van der Waals surface area contributed by atoms with Gasteiger partial charge in [0.1, 0.15) is 0 Å². The zero-order valence-corrected chi connectivity index (χ0v) is 21.7. The van der Waals surface area contributed by atoms with E-state index in [0.29, 0.717) is 28.6 Å². The first-order valence-corrected chi connectivity index (χ1v) is 13.3. The third kappa shape index (κ3) is 3.21. The van der Waals surface area contributed by atoms with E-state index >= 15 is 0 Å². The Morgan fingerprint density at radius 2 is 1.56 bits per heavy atom. The van der Waals surface area contributed by atoms with Crippen molar-refractivity contribution in [2.75, 3.05) is 0 Å². The summed E-state index contributed by atoms with van der Waals surface area (Å²) in [5.41, 5.74) is 3.81. The van der Waals surface area contributed by atoms with Crippen molar-refractivity contribution >= 4 is 5.97 Å². The van der Waals surface area contributed by atoms with Crippen molar-refractivity contribution in [3.05, 3.63) is 24.3 Å². The fourth-order valence-electron chi connectivity index (χ4n) is 10.4. The molecule has 0 aromatic rings. The molecule has 0 unspecified atom stereocenters. The molecule has 0 amide bonds. The van der Waals surface area contributed by atoms with Crippen LogP contribution in [0.15, 0.2) is 24.3 Å². The van der Waals surface area contributed by atoms with Gasteiger partial charge in [-0.2, -0.15) is 0 Å². The molecular formula is C30H48O2. The second-order valence-electron chi connectivity index (χ2n) is 13.6. The lowest BCUT2D eigenvalue weighted by atomic mass is 9.34. The maximum Gasteiger partial charge on any atom is 0.303 e. The molecule has 0 bridgehead atoms. The van der Waals surface area contributed by atoms with E-state index in [1.807, 2.05) is 0 Å². The first kappa shape index (κ1) is 24.1. The quantitative estimate of drug-likeness (QED) is 0.437. The molecule has 2 nitrogen and oxygen atoms in total. The second kappa shape index (κ2) is 7.74. The summed E-state index contributed by atoms with van der Waals surface area (Å²) in [5.74, 6) is 2.62. The summed E-state index contributed by atoms with van der Waals surface area (Å²) in [6, 6.07) is 0. The summed E-state index contributed by atoms with van der Waals surface area (Å²) in [6.45, 7) is 23.6. The van der Waals surface area contributed by atoms with Gasteiger partial charge in [-0.25, -0.2) is 0 Å². The molecule has 32 heavy (non-hydrogen) atoms. The summed E-state index contributed by atoms with van der Waals surface area (Å²) >= 11 is 0. The molecule has 0 aromatic heterocycles. The number of carboxylic acid groups (broad SMARTS) is 1. The number of aliphatic carboxylic acids is 1. The van der Waals surface area contributed by atoms with Gasteiger partial charge in [0.2, 0.25) is 0 Å². The van der Waals surface area contributed by atoms with Crippen LogP contribution in [0.3, 0.4) is 0 Å². The van der Waals surface area contributed by atoms with Gasteiger partial charge in [0.05, 0.1) is 0 Å². The molecule has 0 aliphatic heterocycles. The molecule has 0 spiro atoms. The van der Waals surface area contributed by atoms with Crippen molar-refractivity contribution in [3.63, 3.8) is 0 Å². The summed E-state index contributed by atoms with van der Waals surface area (Å²) < 4.78 is 0. The smallest absolute Gasteiger partial charge is 0.303 e. The minimum atomic E-state index is -0.650. The Morgan fingerprint density at radius 1 is 0.875 bits per heavy atom. The van der Waals surface area contributed by atoms with E-state index < -0.39 is 5.97 Å². The third-order valence-corrected chi connectivity index (χ3v) is 12.2. The zero-order chi connectivity index (χ0) is 23.7. The van der Waals surface area contributed by atoms with Crippen LogP contribution in [-0.4, -0.2) is 11.1 Å². The fourth-order valence-corrected chi connectivity index (χ4v) is 10.4. The van der Waals surface area contributed by atoms with Gasteiger partial charge >= 0.3 is 5.97 Å². The number of fused-ring (bicyclic) bond motifs is 5. The van der Waals surface area contributed by atoms with E-state index in [4.69, 9.17) is 0 Å². The Balaban J connectivity index is 1.75. The average molecular weight is 441 g/mol. The van der Waals surface area contributed by atoms with Crippen LogP contribution in [0.4, 0.5) is 0 Å². The van der Waals surface area contributed by atoms with Crippen LogP contribution in [0.1, 0.15) is 106 Å². The highest BCUT2D eigenvalue weighted by Crippen LogP contribution is 2.76. The lowest BCUT2D eigenvalue weighted by Crippen LogP contribution is -2.63. The number of hydrogen-bond acceptors (Lipinski definition) is 1. The number of allylic oxidation sites excluding steroid dienone is 2. The Bertz CT molecular complexity index is 812. The summed E-state index contributed by atoms with van der Waals surface area (Å²) in [4.78, 5) is 11.6. The Morgan fingerprint density at radius 3 is 2.16 bits per heavy atom. The predicted octanol–water partition coefficient (Wildman–Crippen LogP) is 8.28. The first-order chi connectivity index (χ1) is 14.8. The third-order valence-electron chi connectivity index (χ3n) is 12.2. The molecule has 1 N–H and O–H groups in total. The van der Waals surface area contributed by atoms with E-state index in [9.17, 15) is 9.90 Å². The zero-order valence-electron chi connectivity index (χ0n) is 21.7.